The number of fused-ring (bicyclic) bond motifs is 1. The van der Waals surface area contributed by atoms with Gasteiger partial charge in [0.15, 0.2) is 5.82 Å². The van der Waals surface area contributed by atoms with E-state index in [0.29, 0.717) is 30.0 Å². The maximum atomic E-state index is 13.5. The van der Waals surface area contributed by atoms with E-state index in [4.69, 9.17) is 9.40 Å². The summed E-state index contributed by atoms with van der Waals surface area (Å²) in [5, 5.41) is 15.6. The molecule has 0 radical (unpaired) electrons. The van der Waals surface area contributed by atoms with Crippen LogP contribution in [0.3, 0.4) is 0 Å². The lowest BCUT2D eigenvalue weighted by Gasteiger charge is -2.37. The smallest absolute Gasteiger partial charge is 0.333 e. The Balaban J connectivity index is 1.51. The molecule has 0 fully saturated rings. The summed E-state index contributed by atoms with van der Waals surface area (Å²) in [5.41, 5.74) is 2.90. The molecule has 1 N–H and O–H groups in total. The van der Waals surface area contributed by atoms with Gasteiger partial charge in [-0.3, -0.25) is 4.79 Å². The van der Waals surface area contributed by atoms with Gasteiger partial charge >= 0.3 is 18.3 Å². The third-order valence-electron chi connectivity index (χ3n) is 5.81. The third-order valence-corrected chi connectivity index (χ3v) is 5.81. The molecule has 1 aliphatic heterocycles. The van der Waals surface area contributed by atoms with Crippen molar-refractivity contribution in [1.82, 2.24) is 40.2 Å². The van der Waals surface area contributed by atoms with Crippen LogP contribution in [0, 0.1) is 0 Å². The van der Waals surface area contributed by atoms with E-state index in [-0.39, 0.29) is 17.3 Å². The Hall–Kier alpha value is -4.22. The van der Waals surface area contributed by atoms with Gasteiger partial charge in [-0.25, -0.2) is 14.6 Å². The number of carbonyl (C=O) groups excluding carboxylic acids is 1. The van der Waals surface area contributed by atoms with Gasteiger partial charge in [-0.15, -0.1) is 10.2 Å². The van der Waals surface area contributed by atoms with Crippen LogP contribution >= 0.6 is 0 Å². The number of hydrogen-bond donors (Lipinski definition) is 1. The maximum Gasteiger partial charge on any atom is 0.333 e. The minimum absolute atomic E-state index is 0.0746. The first-order chi connectivity index (χ1) is 17.0. The van der Waals surface area contributed by atoms with Crippen LogP contribution in [-0.2, 0) is 0 Å². The molecule has 1 amide bonds. The van der Waals surface area contributed by atoms with Crippen molar-refractivity contribution in [1.29, 1.82) is 0 Å². The number of alkyl halides is 2. The number of halogens is 2. The van der Waals surface area contributed by atoms with Gasteiger partial charge in [0.05, 0.1) is 17.3 Å². The highest BCUT2D eigenvalue weighted by atomic mass is 19.3. The van der Waals surface area contributed by atoms with Crippen molar-refractivity contribution in [3.63, 3.8) is 0 Å². The minimum Gasteiger partial charge on any atom is -0.412 e. The molecule has 35 heavy (non-hydrogen) atoms. The summed E-state index contributed by atoms with van der Waals surface area (Å²) in [7, 11) is 0. The maximum absolute atomic E-state index is 13.5. The van der Waals surface area contributed by atoms with Gasteiger partial charge in [-0.2, -0.15) is 13.9 Å². The summed E-state index contributed by atoms with van der Waals surface area (Å²) < 4.78 is 31.7. The second kappa shape index (κ2) is 9.20. The molecule has 0 unspecified atom stereocenters. The lowest BCUT2D eigenvalue weighted by atomic mass is 9.97. The summed E-state index contributed by atoms with van der Waals surface area (Å²) in [4.78, 5) is 24.4. The van der Waals surface area contributed by atoms with Gasteiger partial charge in [0.25, 0.3) is 5.89 Å². The molecule has 0 bridgehead atoms. The van der Waals surface area contributed by atoms with Crippen molar-refractivity contribution in [2.75, 3.05) is 13.1 Å². The number of benzene rings is 1. The number of nitrogens with one attached hydrogen (secondary N) is 1. The van der Waals surface area contributed by atoms with Crippen LogP contribution in [0.5, 0.6) is 0 Å². The van der Waals surface area contributed by atoms with Gasteiger partial charge in [0.2, 0.25) is 0 Å². The first-order valence-corrected chi connectivity index (χ1v) is 11.1. The number of aromatic nitrogens is 6. The topological polar surface area (TPSA) is 115 Å². The number of hydrogen-bond acceptors (Lipinski definition) is 8. The lowest BCUT2D eigenvalue weighted by molar-refractivity contribution is 0.0566. The molecule has 0 saturated heterocycles. The van der Waals surface area contributed by atoms with Gasteiger partial charge in [-0.1, -0.05) is 18.2 Å². The van der Waals surface area contributed by atoms with Crippen LogP contribution < -0.4 is 5.32 Å². The normalized spacial score (nSPS) is 16.4. The van der Waals surface area contributed by atoms with E-state index in [1.807, 2.05) is 38.1 Å². The number of carbonyl (C=O) groups is 1. The van der Waals surface area contributed by atoms with Crippen LogP contribution in [0.15, 0.2) is 58.5 Å². The fraction of sp³-hybridized carbons (Fsp3) is 0.304. The summed E-state index contributed by atoms with van der Waals surface area (Å²) in [5.74, 6) is -0.375. The Bertz CT molecular complexity index is 1410. The molecule has 0 saturated carbocycles. The molecular weight excluding hydrogens is 458 g/mol. The number of nitrogens with zero attached hydrogens (tertiary/aromatic N) is 7. The van der Waals surface area contributed by atoms with E-state index >= 15 is 0 Å². The van der Waals surface area contributed by atoms with Gasteiger partial charge < -0.3 is 14.6 Å². The molecular formula is C23H22F2N8O2. The Morgan fingerprint density at radius 1 is 1.26 bits per heavy atom. The van der Waals surface area contributed by atoms with Crippen molar-refractivity contribution in [3.05, 3.63) is 65.8 Å². The molecule has 3 aromatic heterocycles. The SMILES string of the molecule is CCNC1=C(C)CCN(C(=O)c2nnc(-c3cnn(C(F)F)c3)o2)[C@H]1c1ncc2ccccc2n1. The fourth-order valence-corrected chi connectivity index (χ4v) is 4.09. The molecule has 1 aromatic carbocycles. The molecule has 12 heteroatoms. The van der Waals surface area contributed by atoms with Crippen molar-refractivity contribution in [2.24, 2.45) is 0 Å². The molecule has 180 valence electrons. The molecule has 1 atom stereocenters. The third kappa shape index (κ3) is 4.22. The van der Waals surface area contributed by atoms with Gasteiger partial charge in [-0.05, 0) is 31.9 Å². The van der Waals surface area contributed by atoms with Crippen molar-refractivity contribution < 1.29 is 18.0 Å². The van der Waals surface area contributed by atoms with E-state index in [2.05, 4.69) is 25.6 Å². The Morgan fingerprint density at radius 2 is 2.09 bits per heavy atom. The Kier molecular flexibility index (Phi) is 5.93. The van der Waals surface area contributed by atoms with Gasteiger partial charge in [0, 0.05) is 36.6 Å². The largest absolute Gasteiger partial charge is 0.412 e. The van der Waals surface area contributed by atoms with Crippen molar-refractivity contribution >= 4 is 16.8 Å². The lowest BCUT2D eigenvalue weighted by Crippen LogP contribution is -2.43. The first kappa shape index (κ1) is 22.6. The van der Waals surface area contributed by atoms with Crippen LogP contribution in [0.4, 0.5) is 8.78 Å². The molecule has 0 spiro atoms. The van der Waals surface area contributed by atoms with Crippen LogP contribution in [0.25, 0.3) is 22.4 Å². The molecule has 1 aliphatic rings. The standard InChI is InChI=1S/C23H22F2N8O2/c1-3-26-17-13(2)8-9-32(18(17)19-27-10-14-6-4-5-7-16(14)29-19)22(34)21-31-30-20(35-21)15-11-28-33(12-15)23(24)25/h4-7,10-12,18,23,26H,3,8-9H2,1-2H3/t18-/m1/s1. The number of rotatable bonds is 6. The molecule has 4 heterocycles. The zero-order valence-electron chi connectivity index (χ0n) is 19.0. The zero-order chi connectivity index (χ0) is 24.5. The first-order valence-electron chi connectivity index (χ1n) is 11.1. The second-order valence-corrected chi connectivity index (χ2v) is 8.06. The van der Waals surface area contributed by atoms with Gasteiger partial charge in [0.1, 0.15) is 6.04 Å². The van der Waals surface area contributed by atoms with Crippen LogP contribution in [-0.4, -0.2) is 53.8 Å². The highest BCUT2D eigenvalue weighted by molar-refractivity contribution is 5.90. The van der Waals surface area contributed by atoms with E-state index in [1.165, 1.54) is 6.20 Å². The molecule has 4 aromatic rings. The Labute approximate surface area is 198 Å². The van der Waals surface area contributed by atoms with E-state index in [0.717, 1.165) is 28.4 Å². The minimum atomic E-state index is -2.80. The summed E-state index contributed by atoms with van der Waals surface area (Å²) >= 11 is 0. The summed E-state index contributed by atoms with van der Waals surface area (Å²) in [6.45, 7) is 2.23. The van der Waals surface area contributed by atoms with E-state index in [9.17, 15) is 13.6 Å². The number of amides is 1. The number of likely N-dealkylation sites (N-methyl/N-ethyl adjacent to an activating group) is 1. The highest BCUT2D eigenvalue weighted by Crippen LogP contribution is 2.34. The van der Waals surface area contributed by atoms with Crippen LogP contribution in [0.1, 0.15) is 49.4 Å². The second-order valence-electron chi connectivity index (χ2n) is 8.06. The average Bonchev–Trinajstić information content (AvgIpc) is 3.55. The Morgan fingerprint density at radius 3 is 2.86 bits per heavy atom. The zero-order valence-corrected chi connectivity index (χ0v) is 19.0. The predicted molar refractivity (Wildman–Crippen MR) is 121 cm³/mol. The highest BCUT2D eigenvalue weighted by Gasteiger charge is 2.37. The van der Waals surface area contributed by atoms with Crippen LogP contribution in [0.2, 0.25) is 0 Å². The molecule has 0 aliphatic carbocycles. The van der Waals surface area contributed by atoms with Crippen molar-refractivity contribution in [2.45, 2.75) is 32.9 Å². The van der Waals surface area contributed by atoms with Crippen molar-refractivity contribution in [3.8, 4) is 11.5 Å². The predicted octanol–water partition coefficient (Wildman–Crippen LogP) is 3.74. The quantitative estimate of drug-likeness (QED) is 0.444. The summed E-state index contributed by atoms with van der Waals surface area (Å²) in [6.07, 6.45) is 4.63. The monoisotopic (exact) mass is 480 g/mol. The van der Waals surface area contributed by atoms with E-state index in [1.54, 1.807) is 11.1 Å². The number of para-hydroxylation sites is 1. The molecule has 5 rings (SSSR count). The fourth-order valence-electron chi connectivity index (χ4n) is 4.09. The molecule has 10 nitrogen and oxygen atoms in total. The van der Waals surface area contributed by atoms with E-state index < -0.39 is 18.5 Å². The average molecular weight is 480 g/mol. The summed E-state index contributed by atoms with van der Waals surface area (Å²) in [6, 6.07) is 7.03.